The second kappa shape index (κ2) is 4.59. The number of nitrogens with one attached hydrogen (secondary N) is 1. The molecule has 0 saturated carbocycles. The van der Waals surface area contributed by atoms with E-state index in [4.69, 9.17) is 16.1 Å². The Bertz CT molecular complexity index is 692. The number of fused-ring (bicyclic) bond motifs is 1. The van der Waals surface area contributed by atoms with Gasteiger partial charge in [0.05, 0.1) is 16.8 Å². The van der Waals surface area contributed by atoms with Crippen LogP contribution in [-0.4, -0.2) is 10.1 Å². The summed E-state index contributed by atoms with van der Waals surface area (Å²) >= 11 is 7.52. The largest absolute Gasteiger partial charge is 0.361 e. The zero-order chi connectivity index (χ0) is 12.5. The highest BCUT2D eigenvalue weighted by Gasteiger charge is 2.05. The molecule has 1 aromatic carbocycles. The number of benzene rings is 1. The molecule has 0 aliphatic carbocycles. The summed E-state index contributed by atoms with van der Waals surface area (Å²) in [5.41, 5.74) is 1.77. The van der Waals surface area contributed by atoms with Gasteiger partial charge in [0.1, 0.15) is 11.5 Å². The Kier molecular flexibility index (Phi) is 2.93. The first-order chi connectivity index (χ1) is 8.70. The lowest BCUT2D eigenvalue weighted by molar-refractivity contribution is 0.391. The van der Waals surface area contributed by atoms with Gasteiger partial charge in [0, 0.05) is 11.1 Å². The van der Waals surface area contributed by atoms with E-state index in [1.54, 1.807) is 11.3 Å². The van der Waals surface area contributed by atoms with Gasteiger partial charge in [0.2, 0.25) is 0 Å². The smallest absolute Gasteiger partial charge is 0.184 e. The van der Waals surface area contributed by atoms with E-state index < -0.39 is 0 Å². The molecule has 92 valence electrons. The van der Waals surface area contributed by atoms with Crippen molar-refractivity contribution in [2.45, 2.75) is 13.5 Å². The highest BCUT2D eigenvalue weighted by atomic mass is 35.5. The Morgan fingerprint density at radius 3 is 3.06 bits per heavy atom. The van der Waals surface area contributed by atoms with Gasteiger partial charge in [0.15, 0.2) is 5.13 Å². The molecule has 0 radical (unpaired) electrons. The van der Waals surface area contributed by atoms with Crippen molar-refractivity contribution in [3.05, 3.63) is 40.7 Å². The maximum Gasteiger partial charge on any atom is 0.184 e. The minimum absolute atomic E-state index is 0.602. The minimum atomic E-state index is 0.602. The minimum Gasteiger partial charge on any atom is -0.361 e. The predicted molar refractivity (Wildman–Crippen MR) is 73.2 cm³/mol. The Labute approximate surface area is 113 Å². The van der Waals surface area contributed by atoms with Crippen LogP contribution in [0.25, 0.3) is 10.2 Å². The Balaban J connectivity index is 1.78. The van der Waals surface area contributed by atoms with Gasteiger partial charge in [-0.05, 0) is 25.1 Å². The van der Waals surface area contributed by atoms with Gasteiger partial charge in [-0.1, -0.05) is 28.1 Å². The fourth-order valence-corrected chi connectivity index (χ4v) is 2.65. The second-order valence-corrected chi connectivity index (χ2v) is 5.38. The maximum atomic E-state index is 5.93. The van der Waals surface area contributed by atoms with E-state index in [9.17, 15) is 0 Å². The highest BCUT2D eigenvalue weighted by Crippen LogP contribution is 2.28. The van der Waals surface area contributed by atoms with Crippen LogP contribution in [0.2, 0.25) is 5.02 Å². The van der Waals surface area contributed by atoms with E-state index >= 15 is 0 Å². The van der Waals surface area contributed by atoms with Crippen molar-refractivity contribution in [1.82, 2.24) is 10.1 Å². The van der Waals surface area contributed by atoms with Gasteiger partial charge in [-0.15, -0.1) is 0 Å². The van der Waals surface area contributed by atoms with Gasteiger partial charge in [-0.2, -0.15) is 0 Å². The normalized spacial score (nSPS) is 11.0. The number of aryl methyl sites for hydroxylation is 1. The summed E-state index contributed by atoms with van der Waals surface area (Å²) in [7, 11) is 0. The van der Waals surface area contributed by atoms with Crippen LogP contribution in [0.4, 0.5) is 5.13 Å². The molecule has 0 unspecified atom stereocenters. The lowest BCUT2D eigenvalue weighted by atomic mass is 10.3. The third-order valence-corrected chi connectivity index (χ3v) is 3.68. The second-order valence-electron chi connectivity index (χ2n) is 3.91. The number of rotatable bonds is 3. The van der Waals surface area contributed by atoms with E-state index in [-0.39, 0.29) is 0 Å². The first-order valence-corrected chi connectivity index (χ1v) is 6.62. The number of hydrogen-bond acceptors (Lipinski definition) is 5. The Morgan fingerprint density at radius 2 is 2.28 bits per heavy atom. The molecule has 0 spiro atoms. The summed E-state index contributed by atoms with van der Waals surface area (Å²) in [5, 5.41) is 8.70. The summed E-state index contributed by atoms with van der Waals surface area (Å²) < 4.78 is 6.11. The van der Waals surface area contributed by atoms with Crippen LogP contribution in [0, 0.1) is 6.92 Å². The van der Waals surface area contributed by atoms with Gasteiger partial charge < -0.3 is 9.84 Å². The van der Waals surface area contributed by atoms with Crippen LogP contribution in [0.15, 0.2) is 28.8 Å². The number of aromatic nitrogens is 2. The molecular formula is C12H10ClN3OS. The molecule has 0 bridgehead atoms. The van der Waals surface area contributed by atoms with Crippen molar-refractivity contribution < 1.29 is 4.52 Å². The van der Waals surface area contributed by atoms with Gasteiger partial charge in [-0.3, -0.25) is 0 Å². The SMILES string of the molecule is Cc1cc(CNc2nc3cc(Cl)ccc3s2)no1. The first kappa shape index (κ1) is 11.5. The van der Waals surface area contributed by atoms with Crippen LogP contribution in [0.3, 0.4) is 0 Å². The van der Waals surface area contributed by atoms with Crippen LogP contribution in [-0.2, 0) is 6.54 Å². The summed E-state index contributed by atoms with van der Waals surface area (Å²) in [5.74, 6) is 0.808. The zero-order valence-electron chi connectivity index (χ0n) is 9.61. The molecule has 4 nitrogen and oxygen atoms in total. The lowest BCUT2D eigenvalue weighted by Gasteiger charge is -1.96. The molecule has 6 heteroatoms. The molecule has 0 amide bonds. The number of halogens is 1. The number of anilines is 1. The molecule has 3 aromatic rings. The van der Waals surface area contributed by atoms with E-state index in [2.05, 4.69) is 15.5 Å². The quantitative estimate of drug-likeness (QED) is 0.791. The Morgan fingerprint density at radius 1 is 1.39 bits per heavy atom. The number of hydrogen-bond donors (Lipinski definition) is 1. The molecule has 18 heavy (non-hydrogen) atoms. The summed E-state index contributed by atoms with van der Waals surface area (Å²) in [6, 6.07) is 7.60. The zero-order valence-corrected chi connectivity index (χ0v) is 11.2. The molecule has 3 rings (SSSR count). The Hall–Kier alpha value is -1.59. The van der Waals surface area contributed by atoms with E-state index in [0.717, 1.165) is 26.8 Å². The topological polar surface area (TPSA) is 51.0 Å². The molecule has 0 atom stereocenters. The van der Waals surface area contributed by atoms with E-state index in [0.29, 0.717) is 11.6 Å². The summed E-state index contributed by atoms with van der Waals surface area (Å²) in [6.45, 7) is 2.47. The molecule has 0 saturated heterocycles. The fraction of sp³-hybridized carbons (Fsp3) is 0.167. The van der Waals surface area contributed by atoms with Crippen LogP contribution in [0.1, 0.15) is 11.5 Å². The van der Waals surface area contributed by atoms with Crippen LogP contribution in [0.5, 0.6) is 0 Å². The van der Waals surface area contributed by atoms with E-state index in [1.165, 1.54) is 0 Å². The van der Waals surface area contributed by atoms with Crippen molar-refractivity contribution in [2.75, 3.05) is 5.32 Å². The van der Waals surface area contributed by atoms with E-state index in [1.807, 2.05) is 31.2 Å². The van der Waals surface area contributed by atoms with Gasteiger partial charge in [0.25, 0.3) is 0 Å². The predicted octanol–water partition coefficient (Wildman–Crippen LogP) is 3.86. The average molecular weight is 280 g/mol. The molecule has 2 heterocycles. The van der Waals surface area contributed by atoms with Crippen molar-refractivity contribution in [2.24, 2.45) is 0 Å². The molecule has 1 N–H and O–H groups in total. The van der Waals surface area contributed by atoms with Crippen LogP contribution < -0.4 is 5.32 Å². The molecule has 0 fully saturated rings. The van der Waals surface area contributed by atoms with Gasteiger partial charge in [-0.25, -0.2) is 4.98 Å². The third-order valence-electron chi connectivity index (χ3n) is 2.45. The molecule has 0 aliphatic heterocycles. The van der Waals surface area contributed by atoms with Crippen molar-refractivity contribution >= 4 is 38.3 Å². The van der Waals surface area contributed by atoms with Crippen molar-refractivity contribution in [3.63, 3.8) is 0 Å². The highest BCUT2D eigenvalue weighted by molar-refractivity contribution is 7.22. The molecular weight excluding hydrogens is 270 g/mol. The lowest BCUT2D eigenvalue weighted by Crippen LogP contribution is -1.98. The van der Waals surface area contributed by atoms with Crippen molar-refractivity contribution in [1.29, 1.82) is 0 Å². The first-order valence-electron chi connectivity index (χ1n) is 5.43. The standard InChI is InChI=1S/C12H10ClN3OS/c1-7-4-9(16-17-7)6-14-12-15-10-5-8(13)2-3-11(10)18-12/h2-5H,6H2,1H3,(H,14,15). The summed E-state index contributed by atoms with van der Waals surface area (Å²) in [4.78, 5) is 4.46. The summed E-state index contributed by atoms with van der Waals surface area (Å²) in [6.07, 6.45) is 0. The maximum absolute atomic E-state index is 5.93. The number of thiazole rings is 1. The molecule has 2 aromatic heterocycles. The monoisotopic (exact) mass is 279 g/mol. The van der Waals surface area contributed by atoms with Crippen LogP contribution >= 0.6 is 22.9 Å². The average Bonchev–Trinajstić information content (AvgIpc) is 2.92. The fourth-order valence-electron chi connectivity index (χ4n) is 1.64. The molecule has 0 aliphatic rings. The van der Waals surface area contributed by atoms with Gasteiger partial charge >= 0.3 is 0 Å². The third kappa shape index (κ3) is 2.32. The number of nitrogens with zero attached hydrogens (tertiary/aromatic N) is 2. The van der Waals surface area contributed by atoms with Crippen molar-refractivity contribution in [3.8, 4) is 0 Å².